The Balaban J connectivity index is 1.57. The summed E-state index contributed by atoms with van der Waals surface area (Å²) in [4.78, 5) is 11.3. The molecule has 9 nitrogen and oxygen atoms in total. The van der Waals surface area contributed by atoms with Gasteiger partial charge in [-0.2, -0.15) is 4.98 Å². The van der Waals surface area contributed by atoms with E-state index in [1.54, 1.807) is 17.8 Å². The van der Waals surface area contributed by atoms with Crippen molar-refractivity contribution in [1.82, 2.24) is 24.5 Å². The van der Waals surface area contributed by atoms with Gasteiger partial charge in [0.25, 0.3) is 5.88 Å². The zero-order valence-electron chi connectivity index (χ0n) is 21.4. The van der Waals surface area contributed by atoms with Crippen molar-refractivity contribution < 1.29 is 19.3 Å². The minimum Gasteiger partial charge on any atom is -0.496 e. The van der Waals surface area contributed by atoms with Gasteiger partial charge >= 0.3 is 6.01 Å². The van der Waals surface area contributed by atoms with E-state index in [2.05, 4.69) is 27.0 Å². The molecule has 0 aliphatic carbocycles. The molecule has 190 valence electrons. The van der Waals surface area contributed by atoms with Gasteiger partial charge in [0, 0.05) is 11.4 Å². The molecule has 9 heteroatoms. The topological polar surface area (TPSA) is 94.2 Å². The van der Waals surface area contributed by atoms with Crippen LogP contribution in [-0.4, -0.2) is 68.5 Å². The molecule has 2 aromatic heterocycles. The van der Waals surface area contributed by atoms with Crippen molar-refractivity contribution in [2.75, 3.05) is 27.3 Å². The number of aromatic nitrogens is 4. The Morgan fingerprint density at radius 2 is 1.92 bits per heavy atom. The van der Waals surface area contributed by atoms with Gasteiger partial charge in [0.05, 0.1) is 19.0 Å². The summed E-state index contributed by atoms with van der Waals surface area (Å²) >= 11 is 0. The minimum absolute atomic E-state index is 0.188. The third-order valence-electron chi connectivity index (χ3n) is 6.53. The molecule has 2 atom stereocenters. The Kier molecular flexibility index (Phi) is 6.44. The van der Waals surface area contributed by atoms with Gasteiger partial charge in [-0.25, -0.2) is 9.50 Å². The molecule has 0 bridgehead atoms. The van der Waals surface area contributed by atoms with Gasteiger partial charge in [0.15, 0.2) is 0 Å². The van der Waals surface area contributed by atoms with Crippen molar-refractivity contribution in [3.05, 3.63) is 53.9 Å². The Morgan fingerprint density at radius 3 is 2.61 bits per heavy atom. The number of methoxy groups -OCH3 is 1. The molecule has 0 spiro atoms. The second-order valence-electron chi connectivity index (χ2n) is 10.2. The van der Waals surface area contributed by atoms with E-state index >= 15 is 0 Å². The molecule has 36 heavy (non-hydrogen) atoms. The molecule has 0 saturated carbocycles. The van der Waals surface area contributed by atoms with E-state index in [0.29, 0.717) is 29.9 Å². The predicted molar refractivity (Wildman–Crippen MR) is 137 cm³/mol. The fourth-order valence-corrected chi connectivity index (χ4v) is 4.69. The smallest absolute Gasteiger partial charge is 0.337 e. The number of likely N-dealkylation sites (tertiary alicyclic amines) is 1. The van der Waals surface area contributed by atoms with Crippen molar-refractivity contribution in [3.8, 4) is 17.6 Å². The van der Waals surface area contributed by atoms with Gasteiger partial charge in [-0.15, -0.1) is 5.10 Å². The summed E-state index contributed by atoms with van der Waals surface area (Å²) in [5.41, 5.74) is 1.13. The number of aliphatic hydroxyl groups excluding tert-OH is 1. The number of benzene rings is 2. The van der Waals surface area contributed by atoms with Crippen LogP contribution in [0.15, 0.2) is 42.6 Å². The van der Waals surface area contributed by atoms with Crippen molar-refractivity contribution >= 4 is 16.4 Å². The molecule has 2 aromatic carbocycles. The Morgan fingerprint density at radius 1 is 1.14 bits per heavy atom. The van der Waals surface area contributed by atoms with Crippen LogP contribution in [0.1, 0.15) is 51.0 Å². The minimum atomic E-state index is -0.998. The van der Waals surface area contributed by atoms with E-state index in [9.17, 15) is 5.11 Å². The molecule has 4 aromatic rings. The van der Waals surface area contributed by atoms with Gasteiger partial charge in [-0.3, -0.25) is 0 Å². The zero-order chi connectivity index (χ0) is 25.4. The molecule has 1 saturated heterocycles. The maximum atomic E-state index is 11.5. The highest BCUT2D eigenvalue weighted by Gasteiger charge is 2.26. The second-order valence-corrected chi connectivity index (χ2v) is 10.2. The molecule has 1 aliphatic heterocycles. The first-order chi connectivity index (χ1) is 17.2. The van der Waals surface area contributed by atoms with Gasteiger partial charge in [0.1, 0.15) is 24.1 Å². The van der Waals surface area contributed by atoms with Crippen LogP contribution in [0, 0.1) is 0 Å². The summed E-state index contributed by atoms with van der Waals surface area (Å²) in [6.07, 6.45) is 2.83. The SMILES string of the molecule is COc1ccc(C(O)c2cnc3c(OC(C)(C)C)nc(OC[C@@H]4CCCN4C)nn23)c2ccccc12. The fraction of sp³-hybridized carbons (Fsp3) is 0.444. The van der Waals surface area contributed by atoms with Crippen molar-refractivity contribution in [1.29, 1.82) is 0 Å². The van der Waals surface area contributed by atoms with Crippen molar-refractivity contribution in [2.45, 2.75) is 51.4 Å². The maximum absolute atomic E-state index is 11.5. The number of fused-ring (bicyclic) bond motifs is 2. The average molecular weight is 492 g/mol. The highest BCUT2D eigenvalue weighted by Crippen LogP contribution is 2.35. The molecule has 1 unspecified atom stereocenters. The third kappa shape index (κ3) is 4.68. The van der Waals surface area contributed by atoms with Crippen molar-refractivity contribution in [3.63, 3.8) is 0 Å². The van der Waals surface area contributed by atoms with Crippen LogP contribution < -0.4 is 14.2 Å². The molecular weight excluding hydrogens is 458 g/mol. The highest BCUT2D eigenvalue weighted by atomic mass is 16.5. The van der Waals surface area contributed by atoms with Crippen molar-refractivity contribution in [2.24, 2.45) is 0 Å². The number of likely N-dealkylation sites (N-methyl/N-ethyl adjacent to an activating group) is 1. The number of ether oxygens (including phenoxy) is 3. The first-order valence-electron chi connectivity index (χ1n) is 12.3. The van der Waals surface area contributed by atoms with E-state index in [0.717, 1.165) is 41.5 Å². The van der Waals surface area contributed by atoms with Crippen LogP contribution in [0.4, 0.5) is 0 Å². The number of hydrogen-bond donors (Lipinski definition) is 1. The summed E-state index contributed by atoms with van der Waals surface area (Å²) in [7, 11) is 3.74. The number of imidazole rings is 1. The molecule has 1 aliphatic rings. The lowest BCUT2D eigenvalue weighted by Gasteiger charge is -2.22. The van der Waals surface area contributed by atoms with Gasteiger partial charge < -0.3 is 24.2 Å². The molecule has 0 radical (unpaired) electrons. The number of nitrogens with zero attached hydrogens (tertiary/aromatic N) is 5. The molecule has 1 fully saturated rings. The van der Waals surface area contributed by atoms with Gasteiger partial charge in [0.2, 0.25) is 5.65 Å². The molecule has 0 amide bonds. The molecular formula is C27H33N5O4. The number of rotatable bonds is 7. The summed E-state index contributed by atoms with van der Waals surface area (Å²) in [5, 5.41) is 18.0. The quantitative estimate of drug-likeness (QED) is 0.414. The van der Waals surface area contributed by atoms with E-state index in [4.69, 9.17) is 14.2 Å². The van der Waals surface area contributed by atoms with Crippen LogP contribution in [0.2, 0.25) is 0 Å². The standard InChI is InChI=1S/C27H33N5O4/c1-27(2,3)36-25-24-28-15-21(32(24)30-26(29-25)35-16-17-9-8-14-31(17)4)23(33)20-12-13-22(34-5)19-11-7-6-10-18(19)20/h6-7,10-13,15,17,23,33H,8-9,14,16H2,1-5H3/t17-,23?/m0/s1. The van der Waals surface area contributed by atoms with Crippen LogP contribution >= 0.6 is 0 Å². The predicted octanol–water partition coefficient (Wildman–Crippen LogP) is 4.02. The summed E-state index contributed by atoms with van der Waals surface area (Å²) in [6, 6.07) is 12.1. The first-order valence-corrected chi connectivity index (χ1v) is 12.3. The van der Waals surface area contributed by atoms with Crippen LogP contribution in [0.3, 0.4) is 0 Å². The number of aliphatic hydroxyl groups is 1. The van der Waals surface area contributed by atoms with Gasteiger partial charge in [-0.1, -0.05) is 30.3 Å². The van der Waals surface area contributed by atoms with E-state index < -0.39 is 11.7 Å². The van der Waals surface area contributed by atoms with Crippen LogP contribution in [-0.2, 0) is 0 Å². The third-order valence-corrected chi connectivity index (χ3v) is 6.53. The Bertz CT molecular complexity index is 1380. The number of hydrogen-bond acceptors (Lipinski definition) is 8. The lowest BCUT2D eigenvalue weighted by atomic mass is 9.98. The van der Waals surface area contributed by atoms with E-state index in [1.807, 2.05) is 57.2 Å². The van der Waals surface area contributed by atoms with Crippen LogP contribution in [0.25, 0.3) is 16.4 Å². The monoisotopic (exact) mass is 491 g/mol. The summed E-state index contributed by atoms with van der Waals surface area (Å²) in [5.74, 6) is 1.06. The largest absolute Gasteiger partial charge is 0.496 e. The Hall–Kier alpha value is -3.43. The lowest BCUT2D eigenvalue weighted by Crippen LogP contribution is -2.31. The normalized spacial score (nSPS) is 17.6. The molecule has 5 rings (SSSR count). The fourth-order valence-electron chi connectivity index (χ4n) is 4.69. The average Bonchev–Trinajstić information content (AvgIpc) is 3.46. The van der Waals surface area contributed by atoms with E-state index in [-0.39, 0.29) is 6.01 Å². The second kappa shape index (κ2) is 9.55. The van der Waals surface area contributed by atoms with Gasteiger partial charge in [-0.05, 0) is 64.2 Å². The highest BCUT2D eigenvalue weighted by molar-refractivity contribution is 5.91. The molecule has 3 heterocycles. The summed E-state index contributed by atoms with van der Waals surface area (Å²) < 4.78 is 19.3. The lowest BCUT2D eigenvalue weighted by molar-refractivity contribution is 0.121. The first kappa shape index (κ1) is 24.3. The van der Waals surface area contributed by atoms with Crippen LogP contribution in [0.5, 0.6) is 17.6 Å². The Labute approximate surface area is 210 Å². The maximum Gasteiger partial charge on any atom is 0.337 e. The summed E-state index contributed by atoms with van der Waals surface area (Å²) in [6.45, 7) is 7.37. The molecule has 1 N–H and O–H groups in total. The van der Waals surface area contributed by atoms with E-state index in [1.165, 1.54) is 0 Å². The zero-order valence-corrected chi connectivity index (χ0v) is 21.4.